The van der Waals surface area contributed by atoms with Crippen molar-refractivity contribution in [1.29, 1.82) is 10.5 Å². The van der Waals surface area contributed by atoms with Gasteiger partial charge in [-0.05, 0) is 19.4 Å². The van der Waals surface area contributed by atoms with E-state index in [2.05, 4.69) is 17.0 Å². The molecule has 0 spiro atoms. The van der Waals surface area contributed by atoms with E-state index in [1.54, 1.807) is 7.11 Å². The highest BCUT2D eigenvalue weighted by Crippen LogP contribution is 1.99. The summed E-state index contributed by atoms with van der Waals surface area (Å²) in [5.41, 5.74) is 0. The Labute approximate surface area is 92.0 Å². The van der Waals surface area contributed by atoms with E-state index in [9.17, 15) is 0 Å². The fraction of sp³-hybridized carbons (Fsp3) is 0.818. The minimum atomic E-state index is 0.558. The van der Waals surface area contributed by atoms with Crippen LogP contribution in [0.4, 0.5) is 0 Å². The van der Waals surface area contributed by atoms with Crippen molar-refractivity contribution in [3.8, 4) is 12.1 Å². The fourth-order valence-corrected chi connectivity index (χ4v) is 1.30. The average Bonchev–Trinajstić information content (AvgIpc) is 2.27. The minimum absolute atomic E-state index is 0.558. The molecule has 0 fully saturated rings. The predicted molar refractivity (Wildman–Crippen MR) is 58.0 cm³/mol. The maximum atomic E-state index is 8.50. The molecule has 0 amide bonds. The normalized spacial score (nSPS) is 9.87. The van der Waals surface area contributed by atoms with Gasteiger partial charge in [-0.2, -0.15) is 10.5 Å². The Kier molecular flexibility index (Phi) is 10.2. The molecule has 0 rings (SSSR count). The fourth-order valence-electron chi connectivity index (χ4n) is 1.30. The van der Waals surface area contributed by atoms with E-state index < -0.39 is 0 Å². The molecular formula is C11H19N3O. The molecule has 0 N–H and O–H groups in total. The molecule has 0 saturated heterocycles. The van der Waals surface area contributed by atoms with Gasteiger partial charge in [-0.15, -0.1) is 0 Å². The van der Waals surface area contributed by atoms with Crippen LogP contribution in [-0.2, 0) is 4.74 Å². The van der Waals surface area contributed by atoms with Gasteiger partial charge >= 0.3 is 0 Å². The molecule has 4 nitrogen and oxygen atoms in total. The van der Waals surface area contributed by atoms with Gasteiger partial charge in [0.25, 0.3) is 0 Å². The van der Waals surface area contributed by atoms with Crippen LogP contribution in [0.25, 0.3) is 0 Å². The van der Waals surface area contributed by atoms with Crippen LogP contribution in [0, 0.1) is 22.7 Å². The van der Waals surface area contributed by atoms with E-state index in [0.717, 1.165) is 32.5 Å². The summed E-state index contributed by atoms with van der Waals surface area (Å²) < 4.78 is 5.00. The Balaban J connectivity index is 3.60. The van der Waals surface area contributed by atoms with Gasteiger partial charge < -0.3 is 9.64 Å². The molecule has 0 aromatic rings. The average molecular weight is 209 g/mol. The Morgan fingerprint density at radius 3 is 2.33 bits per heavy atom. The van der Waals surface area contributed by atoms with E-state index in [0.29, 0.717) is 19.4 Å². The lowest BCUT2D eigenvalue weighted by Crippen LogP contribution is -2.29. The lowest BCUT2D eigenvalue weighted by molar-refractivity contribution is 0.148. The zero-order valence-electron chi connectivity index (χ0n) is 9.41. The van der Waals surface area contributed by atoms with Gasteiger partial charge in [-0.1, -0.05) is 0 Å². The van der Waals surface area contributed by atoms with Crippen molar-refractivity contribution in [3.05, 3.63) is 0 Å². The molecule has 15 heavy (non-hydrogen) atoms. The highest BCUT2D eigenvalue weighted by molar-refractivity contribution is 4.73. The van der Waals surface area contributed by atoms with Crippen LogP contribution in [-0.4, -0.2) is 38.3 Å². The molecule has 0 atom stereocenters. The lowest BCUT2D eigenvalue weighted by atomic mass is 10.2. The minimum Gasteiger partial charge on any atom is -0.383 e. The first kappa shape index (κ1) is 13.9. The summed E-state index contributed by atoms with van der Waals surface area (Å²) in [5.74, 6) is 0. The van der Waals surface area contributed by atoms with Crippen LogP contribution in [0.5, 0.6) is 0 Å². The summed E-state index contributed by atoms with van der Waals surface area (Å²) in [6, 6.07) is 4.27. The first-order chi connectivity index (χ1) is 7.35. The summed E-state index contributed by atoms with van der Waals surface area (Å²) in [4.78, 5) is 2.21. The Morgan fingerprint density at radius 2 is 1.73 bits per heavy atom. The zero-order chi connectivity index (χ0) is 11.4. The number of ether oxygens (including phenoxy) is 1. The third-order valence-electron chi connectivity index (χ3n) is 2.16. The number of unbranched alkanes of at least 4 members (excludes halogenated alkanes) is 2. The number of hydrogen-bond acceptors (Lipinski definition) is 4. The van der Waals surface area contributed by atoms with Crippen molar-refractivity contribution in [2.24, 2.45) is 0 Å². The number of nitriles is 2. The molecule has 0 radical (unpaired) electrons. The topological polar surface area (TPSA) is 60.0 Å². The summed E-state index contributed by atoms with van der Waals surface area (Å²) in [5, 5.41) is 16.9. The standard InChI is InChI=1S/C11H19N3O/c1-15-11-10-14(9-5-7-13)8-4-2-3-6-12/h2-5,8-11H2,1H3. The number of rotatable bonds is 9. The zero-order valence-corrected chi connectivity index (χ0v) is 9.41. The maximum absolute atomic E-state index is 8.50. The summed E-state index contributed by atoms with van der Waals surface area (Å²) in [7, 11) is 1.68. The molecule has 0 aliphatic heterocycles. The van der Waals surface area contributed by atoms with Crippen molar-refractivity contribution in [2.75, 3.05) is 33.4 Å². The van der Waals surface area contributed by atoms with Crippen molar-refractivity contribution in [2.45, 2.75) is 25.7 Å². The van der Waals surface area contributed by atoms with E-state index in [-0.39, 0.29) is 0 Å². The summed E-state index contributed by atoms with van der Waals surface area (Å²) >= 11 is 0. The van der Waals surface area contributed by atoms with Gasteiger partial charge in [-0.3, -0.25) is 0 Å². The largest absolute Gasteiger partial charge is 0.383 e. The van der Waals surface area contributed by atoms with Crippen molar-refractivity contribution in [3.63, 3.8) is 0 Å². The second-order valence-electron chi connectivity index (χ2n) is 3.36. The van der Waals surface area contributed by atoms with Gasteiger partial charge in [0.1, 0.15) is 0 Å². The van der Waals surface area contributed by atoms with Gasteiger partial charge in [0.05, 0.1) is 18.7 Å². The van der Waals surface area contributed by atoms with Crippen LogP contribution < -0.4 is 0 Å². The molecule has 0 saturated carbocycles. The molecule has 0 aliphatic rings. The van der Waals surface area contributed by atoms with Crippen LogP contribution in [0.2, 0.25) is 0 Å². The number of methoxy groups -OCH3 is 1. The first-order valence-electron chi connectivity index (χ1n) is 5.30. The van der Waals surface area contributed by atoms with Gasteiger partial charge in [0, 0.05) is 33.0 Å². The van der Waals surface area contributed by atoms with Crippen LogP contribution in [0.3, 0.4) is 0 Å². The van der Waals surface area contributed by atoms with Crippen LogP contribution in [0.1, 0.15) is 25.7 Å². The third kappa shape index (κ3) is 9.21. The molecule has 0 heterocycles. The van der Waals surface area contributed by atoms with E-state index in [1.807, 2.05) is 0 Å². The molecule has 4 heteroatoms. The molecule has 0 unspecified atom stereocenters. The number of nitrogens with zero attached hydrogens (tertiary/aromatic N) is 3. The molecule has 0 aromatic heterocycles. The van der Waals surface area contributed by atoms with E-state index in [4.69, 9.17) is 15.3 Å². The van der Waals surface area contributed by atoms with Crippen LogP contribution in [0.15, 0.2) is 0 Å². The second-order valence-corrected chi connectivity index (χ2v) is 3.36. The number of hydrogen-bond donors (Lipinski definition) is 0. The van der Waals surface area contributed by atoms with E-state index in [1.165, 1.54) is 0 Å². The lowest BCUT2D eigenvalue weighted by Gasteiger charge is -2.20. The monoisotopic (exact) mass is 209 g/mol. The maximum Gasteiger partial charge on any atom is 0.0635 e. The summed E-state index contributed by atoms with van der Waals surface area (Å²) in [6.07, 6.45) is 3.13. The van der Waals surface area contributed by atoms with Crippen molar-refractivity contribution >= 4 is 0 Å². The Hall–Kier alpha value is -1.10. The smallest absolute Gasteiger partial charge is 0.0635 e. The van der Waals surface area contributed by atoms with Crippen molar-refractivity contribution < 1.29 is 4.74 Å². The van der Waals surface area contributed by atoms with Gasteiger partial charge in [0.15, 0.2) is 0 Å². The van der Waals surface area contributed by atoms with Gasteiger partial charge in [0.2, 0.25) is 0 Å². The molecule has 0 aromatic carbocycles. The summed E-state index contributed by atoms with van der Waals surface area (Å²) in [6.45, 7) is 3.31. The molecule has 0 aliphatic carbocycles. The SMILES string of the molecule is COCCN(CCC#N)CCCCC#N. The second kappa shape index (κ2) is 11.0. The van der Waals surface area contributed by atoms with Crippen molar-refractivity contribution in [1.82, 2.24) is 4.90 Å². The Bertz CT molecular complexity index is 217. The Morgan fingerprint density at radius 1 is 1.00 bits per heavy atom. The molecule has 0 bridgehead atoms. The highest BCUT2D eigenvalue weighted by Gasteiger charge is 2.03. The quantitative estimate of drug-likeness (QED) is 0.540. The van der Waals surface area contributed by atoms with Crippen LogP contribution >= 0.6 is 0 Å². The van der Waals surface area contributed by atoms with E-state index >= 15 is 0 Å². The highest BCUT2D eigenvalue weighted by atomic mass is 16.5. The predicted octanol–water partition coefficient (Wildman–Crippen LogP) is 1.54. The first-order valence-corrected chi connectivity index (χ1v) is 5.30. The molecule has 84 valence electrons. The third-order valence-corrected chi connectivity index (χ3v) is 2.16. The molecular weight excluding hydrogens is 190 g/mol. The van der Waals surface area contributed by atoms with Gasteiger partial charge in [-0.25, -0.2) is 0 Å².